The van der Waals surface area contributed by atoms with Crippen LogP contribution in [0.3, 0.4) is 0 Å². The number of hydrogen-bond acceptors (Lipinski definition) is 6. The summed E-state index contributed by atoms with van der Waals surface area (Å²) in [5.41, 5.74) is 4.72. The minimum absolute atomic E-state index is 0.00809. The molecule has 0 aliphatic carbocycles. The molecule has 0 atom stereocenters. The van der Waals surface area contributed by atoms with Crippen LogP contribution in [0, 0.1) is 6.92 Å². The van der Waals surface area contributed by atoms with Crippen molar-refractivity contribution in [2.24, 2.45) is 4.99 Å². The Bertz CT molecular complexity index is 1220. The summed E-state index contributed by atoms with van der Waals surface area (Å²) in [6.45, 7) is 3.84. The molecule has 0 saturated heterocycles. The van der Waals surface area contributed by atoms with Crippen molar-refractivity contribution in [1.82, 2.24) is 4.98 Å². The Balaban J connectivity index is 1.72. The molecule has 0 radical (unpaired) electrons. The molecule has 0 saturated carbocycles. The van der Waals surface area contributed by atoms with E-state index in [0.717, 1.165) is 17.5 Å². The van der Waals surface area contributed by atoms with Gasteiger partial charge in [0.05, 0.1) is 11.3 Å². The van der Waals surface area contributed by atoms with Crippen LogP contribution < -0.4 is 0 Å². The highest BCUT2D eigenvalue weighted by Gasteiger charge is 2.13. The number of benzene rings is 3. The molecule has 6 nitrogen and oxygen atoms in total. The monoisotopic (exact) mass is 388 g/mol. The van der Waals surface area contributed by atoms with Crippen LogP contribution in [0.2, 0.25) is 0 Å². The normalized spacial score (nSPS) is 11.5. The first-order chi connectivity index (χ1) is 13.9. The standard InChI is InChI=1S/C23H20N2O4/c1-3-14-4-7-22-19(9-14)25-23(29-22)17-10-15(5-6-20(17)27)24-12-18-13(2)8-16(26)11-21(18)28/h4-12,26-28H,3H2,1-2H3. The molecule has 0 aliphatic heterocycles. The van der Waals surface area contributed by atoms with Crippen LogP contribution in [0.4, 0.5) is 5.69 Å². The summed E-state index contributed by atoms with van der Waals surface area (Å²) >= 11 is 0. The molecule has 29 heavy (non-hydrogen) atoms. The number of phenols is 3. The van der Waals surface area contributed by atoms with E-state index in [1.54, 1.807) is 25.1 Å². The number of phenolic OH excluding ortho intramolecular Hbond substituents is 3. The number of aromatic hydroxyl groups is 3. The fraction of sp³-hybridized carbons (Fsp3) is 0.130. The maximum atomic E-state index is 10.3. The molecule has 0 aliphatic rings. The zero-order valence-electron chi connectivity index (χ0n) is 16.0. The molecule has 6 heteroatoms. The smallest absolute Gasteiger partial charge is 0.231 e. The van der Waals surface area contributed by atoms with Crippen LogP contribution in [0.15, 0.2) is 57.9 Å². The fourth-order valence-corrected chi connectivity index (χ4v) is 3.15. The average Bonchev–Trinajstić information content (AvgIpc) is 3.11. The van der Waals surface area contributed by atoms with E-state index in [-0.39, 0.29) is 17.2 Å². The number of aromatic nitrogens is 1. The molecule has 0 amide bonds. The van der Waals surface area contributed by atoms with Gasteiger partial charge in [-0.1, -0.05) is 13.0 Å². The maximum absolute atomic E-state index is 10.3. The summed E-state index contributed by atoms with van der Waals surface area (Å²) in [5, 5.41) is 29.9. The summed E-state index contributed by atoms with van der Waals surface area (Å²) in [5.74, 6) is 0.281. The summed E-state index contributed by atoms with van der Waals surface area (Å²) < 4.78 is 5.81. The minimum atomic E-state index is -0.0593. The van der Waals surface area contributed by atoms with Crippen molar-refractivity contribution in [3.8, 4) is 28.7 Å². The van der Waals surface area contributed by atoms with Crippen LogP contribution in [-0.2, 0) is 6.42 Å². The molecule has 0 bridgehead atoms. The van der Waals surface area contributed by atoms with Gasteiger partial charge in [0.15, 0.2) is 5.58 Å². The first-order valence-corrected chi connectivity index (χ1v) is 9.24. The van der Waals surface area contributed by atoms with Gasteiger partial charge in [0.2, 0.25) is 5.89 Å². The summed E-state index contributed by atoms with van der Waals surface area (Å²) in [6, 6.07) is 13.5. The molecular formula is C23H20N2O4. The number of hydrogen-bond donors (Lipinski definition) is 3. The van der Waals surface area contributed by atoms with E-state index in [9.17, 15) is 15.3 Å². The van der Waals surface area contributed by atoms with E-state index in [1.807, 2.05) is 18.2 Å². The molecule has 3 aromatic carbocycles. The molecule has 146 valence electrons. The second-order valence-corrected chi connectivity index (χ2v) is 6.83. The Morgan fingerprint density at radius 2 is 1.83 bits per heavy atom. The van der Waals surface area contributed by atoms with E-state index in [2.05, 4.69) is 16.9 Å². The van der Waals surface area contributed by atoms with E-state index < -0.39 is 0 Å². The molecule has 4 aromatic rings. The summed E-state index contributed by atoms with van der Waals surface area (Å²) in [4.78, 5) is 8.89. The third-order valence-corrected chi connectivity index (χ3v) is 4.76. The Hall–Kier alpha value is -3.80. The highest BCUT2D eigenvalue weighted by Crippen LogP contribution is 2.34. The fourth-order valence-electron chi connectivity index (χ4n) is 3.15. The van der Waals surface area contributed by atoms with Gasteiger partial charge in [0.1, 0.15) is 22.8 Å². The predicted molar refractivity (Wildman–Crippen MR) is 112 cm³/mol. The van der Waals surface area contributed by atoms with Crippen molar-refractivity contribution in [3.05, 3.63) is 65.2 Å². The van der Waals surface area contributed by atoms with Gasteiger partial charge in [0, 0.05) is 17.8 Å². The first kappa shape index (κ1) is 18.6. The van der Waals surface area contributed by atoms with Gasteiger partial charge in [-0.2, -0.15) is 0 Å². The maximum Gasteiger partial charge on any atom is 0.231 e. The number of fused-ring (bicyclic) bond motifs is 1. The Morgan fingerprint density at radius 1 is 1.00 bits per heavy atom. The van der Waals surface area contributed by atoms with Crippen molar-refractivity contribution < 1.29 is 19.7 Å². The number of aryl methyl sites for hydroxylation is 2. The SMILES string of the molecule is CCc1ccc2oc(-c3cc(N=Cc4c(C)cc(O)cc4O)ccc3O)nc2c1. The van der Waals surface area contributed by atoms with Gasteiger partial charge in [-0.3, -0.25) is 4.99 Å². The predicted octanol–water partition coefficient (Wildman–Crippen LogP) is 5.23. The van der Waals surface area contributed by atoms with Gasteiger partial charge in [-0.15, -0.1) is 0 Å². The van der Waals surface area contributed by atoms with Crippen LogP contribution in [0.25, 0.3) is 22.6 Å². The molecule has 1 heterocycles. The minimum Gasteiger partial charge on any atom is -0.508 e. The lowest BCUT2D eigenvalue weighted by Gasteiger charge is -2.05. The molecule has 3 N–H and O–H groups in total. The molecule has 0 spiro atoms. The molecule has 0 fully saturated rings. The quantitative estimate of drug-likeness (QED) is 0.416. The van der Waals surface area contributed by atoms with E-state index in [0.29, 0.717) is 33.9 Å². The van der Waals surface area contributed by atoms with Crippen LogP contribution in [0.1, 0.15) is 23.6 Å². The Kier molecular flexibility index (Phi) is 4.68. The summed E-state index contributed by atoms with van der Waals surface area (Å²) in [6.07, 6.45) is 2.41. The number of nitrogens with zero attached hydrogens (tertiary/aromatic N) is 2. The van der Waals surface area contributed by atoms with Gasteiger partial charge in [0.25, 0.3) is 0 Å². The second kappa shape index (κ2) is 7.31. The van der Waals surface area contributed by atoms with Gasteiger partial charge >= 0.3 is 0 Å². The summed E-state index contributed by atoms with van der Waals surface area (Å²) in [7, 11) is 0. The Labute approximate surface area is 167 Å². The molecule has 0 unspecified atom stereocenters. The van der Waals surface area contributed by atoms with Gasteiger partial charge in [-0.05, 0) is 60.9 Å². The lowest BCUT2D eigenvalue weighted by Crippen LogP contribution is -1.88. The third-order valence-electron chi connectivity index (χ3n) is 4.76. The average molecular weight is 388 g/mol. The van der Waals surface area contributed by atoms with E-state index in [4.69, 9.17) is 4.42 Å². The highest BCUT2D eigenvalue weighted by atomic mass is 16.3. The zero-order chi connectivity index (χ0) is 20.5. The molecule has 1 aromatic heterocycles. The van der Waals surface area contributed by atoms with Crippen molar-refractivity contribution in [2.45, 2.75) is 20.3 Å². The third kappa shape index (κ3) is 3.65. The van der Waals surface area contributed by atoms with Crippen molar-refractivity contribution >= 4 is 23.0 Å². The molecule has 4 rings (SSSR count). The number of rotatable bonds is 4. The molecular weight excluding hydrogens is 368 g/mol. The first-order valence-electron chi connectivity index (χ1n) is 9.24. The van der Waals surface area contributed by atoms with Crippen molar-refractivity contribution in [3.63, 3.8) is 0 Å². The zero-order valence-corrected chi connectivity index (χ0v) is 16.0. The lowest BCUT2D eigenvalue weighted by atomic mass is 10.1. The Morgan fingerprint density at radius 3 is 2.59 bits per heavy atom. The lowest BCUT2D eigenvalue weighted by molar-refractivity contribution is 0.449. The van der Waals surface area contributed by atoms with Gasteiger partial charge in [-0.25, -0.2) is 4.98 Å². The van der Waals surface area contributed by atoms with Crippen molar-refractivity contribution in [1.29, 1.82) is 0 Å². The largest absolute Gasteiger partial charge is 0.508 e. The van der Waals surface area contributed by atoms with Crippen LogP contribution in [-0.4, -0.2) is 26.5 Å². The van der Waals surface area contributed by atoms with E-state index in [1.165, 1.54) is 18.3 Å². The highest BCUT2D eigenvalue weighted by molar-refractivity contribution is 5.88. The number of oxazole rings is 1. The second-order valence-electron chi connectivity index (χ2n) is 6.83. The van der Waals surface area contributed by atoms with Crippen molar-refractivity contribution in [2.75, 3.05) is 0 Å². The van der Waals surface area contributed by atoms with E-state index >= 15 is 0 Å². The van der Waals surface area contributed by atoms with Crippen LogP contribution in [0.5, 0.6) is 17.2 Å². The van der Waals surface area contributed by atoms with Gasteiger partial charge < -0.3 is 19.7 Å². The number of aliphatic imine (C=N–C) groups is 1. The topological polar surface area (TPSA) is 99.1 Å². The van der Waals surface area contributed by atoms with Crippen LogP contribution >= 0.6 is 0 Å².